The molecule has 2 atom stereocenters. The van der Waals surface area contributed by atoms with Crippen molar-refractivity contribution in [1.29, 1.82) is 0 Å². The van der Waals surface area contributed by atoms with E-state index in [1.807, 2.05) is 12.1 Å². The van der Waals surface area contributed by atoms with E-state index < -0.39 is 0 Å². The topological polar surface area (TPSA) is 3.24 Å². The third kappa shape index (κ3) is 2.91. The molecule has 0 aromatic heterocycles. The van der Waals surface area contributed by atoms with Gasteiger partial charge >= 0.3 is 0 Å². The Morgan fingerprint density at radius 2 is 1.70 bits per heavy atom. The highest BCUT2D eigenvalue weighted by Crippen LogP contribution is 2.32. The smallest absolute Gasteiger partial charge is 0.123 e. The quantitative estimate of drug-likeness (QED) is 0.812. The first-order chi connectivity index (χ1) is 9.72. The van der Waals surface area contributed by atoms with E-state index >= 15 is 0 Å². The Labute approximate surface area is 120 Å². The van der Waals surface area contributed by atoms with Crippen molar-refractivity contribution < 1.29 is 4.39 Å². The van der Waals surface area contributed by atoms with Crippen LogP contribution in [0.1, 0.15) is 24.0 Å². The zero-order valence-corrected chi connectivity index (χ0v) is 11.8. The lowest BCUT2D eigenvalue weighted by atomic mass is 9.90. The molecule has 2 unspecified atom stereocenters. The van der Waals surface area contributed by atoms with Crippen molar-refractivity contribution in [3.8, 4) is 0 Å². The maximum atomic E-state index is 12.9. The van der Waals surface area contributed by atoms with Crippen LogP contribution in [0.5, 0.6) is 0 Å². The van der Waals surface area contributed by atoms with E-state index in [0.29, 0.717) is 11.8 Å². The van der Waals surface area contributed by atoms with Crippen LogP contribution in [-0.4, -0.2) is 18.0 Å². The number of halogens is 1. The van der Waals surface area contributed by atoms with Crippen LogP contribution in [0.2, 0.25) is 0 Å². The van der Waals surface area contributed by atoms with Crippen LogP contribution in [0.25, 0.3) is 0 Å². The van der Waals surface area contributed by atoms with Crippen molar-refractivity contribution in [1.82, 2.24) is 4.90 Å². The van der Waals surface area contributed by atoms with E-state index in [4.69, 9.17) is 0 Å². The summed E-state index contributed by atoms with van der Waals surface area (Å²) in [6.07, 6.45) is 0. The Morgan fingerprint density at radius 3 is 2.40 bits per heavy atom. The molecule has 2 heteroatoms. The molecule has 1 heterocycles. The summed E-state index contributed by atoms with van der Waals surface area (Å²) in [7, 11) is 0. The first-order valence-corrected chi connectivity index (χ1v) is 7.24. The van der Waals surface area contributed by atoms with E-state index in [1.165, 1.54) is 11.1 Å². The lowest BCUT2D eigenvalue weighted by molar-refractivity contribution is 0.318. The second kappa shape index (κ2) is 5.76. The molecule has 1 fully saturated rings. The van der Waals surface area contributed by atoms with E-state index in [1.54, 1.807) is 12.1 Å². The number of hydrogen-bond donors (Lipinski definition) is 0. The fourth-order valence-corrected chi connectivity index (χ4v) is 3.18. The monoisotopic (exact) mass is 269 g/mol. The summed E-state index contributed by atoms with van der Waals surface area (Å²) in [5.74, 6) is 1.11. The van der Waals surface area contributed by atoms with Crippen molar-refractivity contribution in [3.05, 3.63) is 71.5 Å². The Morgan fingerprint density at radius 1 is 1.00 bits per heavy atom. The highest BCUT2D eigenvalue weighted by molar-refractivity contribution is 5.23. The van der Waals surface area contributed by atoms with Gasteiger partial charge in [0.2, 0.25) is 0 Å². The van der Waals surface area contributed by atoms with Crippen LogP contribution in [-0.2, 0) is 6.54 Å². The molecule has 1 aliphatic rings. The standard InChI is InChI=1S/C18H20FN/c1-14-11-20(12-15-7-9-17(19)10-8-15)13-18(14)16-5-3-2-4-6-16/h2-10,14,18H,11-13H2,1H3. The molecular weight excluding hydrogens is 249 g/mol. The molecule has 20 heavy (non-hydrogen) atoms. The minimum Gasteiger partial charge on any atom is -0.298 e. The third-order valence-corrected chi connectivity index (χ3v) is 4.24. The van der Waals surface area contributed by atoms with Gasteiger partial charge < -0.3 is 0 Å². The molecule has 2 aromatic carbocycles. The molecule has 0 spiro atoms. The Bertz CT molecular complexity index is 549. The Balaban J connectivity index is 1.68. The molecular formula is C18H20FN. The predicted molar refractivity (Wildman–Crippen MR) is 80.0 cm³/mol. The molecule has 0 saturated carbocycles. The van der Waals surface area contributed by atoms with Gasteiger partial charge in [0.25, 0.3) is 0 Å². The molecule has 1 saturated heterocycles. The lowest BCUT2D eigenvalue weighted by Gasteiger charge is -2.16. The molecule has 0 amide bonds. The second-order valence-corrected chi connectivity index (χ2v) is 5.82. The van der Waals surface area contributed by atoms with E-state index in [9.17, 15) is 4.39 Å². The molecule has 0 bridgehead atoms. The van der Waals surface area contributed by atoms with Gasteiger partial charge in [-0.1, -0.05) is 49.4 Å². The van der Waals surface area contributed by atoms with Gasteiger partial charge in [-0.05, 0) is 29.2 Å². The van der Waals surface area contributed by atoms with Crippen molar-refractivity contribution in [2.75, 3.05) is 13.1 Å². The summed E-state index contributed by atoms with van der Waals surface area (Å²) >= 11 is 0. The van der Waals surface area contributed by atoms with Gasteiger partial charge in [0.15, 0.2) is 0 Å². The second-order valence-electron chi connectivity index (χ2n) is 5.82. The molecule has 2 aromatic rings. The van der Waals surface area contributed by atoms with Gasteiger partial charge in [-0.25, -0.2) is 4.39 Å². The van der Waals surface area contributed by atoms with Crippen LogP contribution in [0.15, 0.2) is 54.6 Å². The number of nitrogens with zero attached hydrogens (tertiary/aromatic N) is 1. The van der Waals surface area contributed by atoms with Crippen LogP contribution < -0.4 is 0 Å². The van der Waals surface area contributed by atoms with Crippen molar-refractivity contribution in [2.45, 2.75) is 19.4 Å². The minimum absolute atomic E-state index is 0.161. The minimum atomic E-state index is -0.161. The maximum Gasteiger partial charge on any atom is 0.123 e. The van der Waals surface area contributed by atoms with Gasteiger partial charge in [-0.3, -0.25) is 4.90 Å². The summed E-state index contributed by atoms with van der Waals surface area (Å²) in [6, 6.07) is 17.6. The van der Waals surface area contributed by atoms with Gasteiger partial charge in [0.05, 0.1) is 0 Å². The molecule has 104 valence electrons. The van der Waals surface area contributed by atoms with Gasteiger partial charge in [-0.15, -0.1) is 0 Å². The van der Waals surface area contributed by atoms with E-state index in [2.05, 4.69) is 42.2 Å². The lowest BCUT2D eigenvalue weighted by Crippen LogP contribution is -2.20. The summed E-state index contributed by atoms with van der Waals surface area (Å²) in [5, 5.41) is 0. The molecule has 0 N–H and O–H groups in total. The van der Waals surface area contributed by atoms with Crippen LogP contribution in [0.4, 0.5) is 4.39 Å². The zero-order chi connectivity index (χ0) is 13.9. The predicted octanol–water partition coefficient (Wildman–Crippen LogP) is 4.06. The van der Waals surface area contributed by atoms with Gasteiger partial charge in [0.1, 0.15) is 5.82 Å². The van der Waals surface area contributed by atoms with Crippen molar-refractivity contribution in [3.63, 3.8) is 0 Å². The first kappa shape index (κ1) is 13.3. The van der Waals surface area contributed by atoms with Gasteiger partial charge in [0, 0.05) is 25.6 Å². The fourth-order valence-electron chi connectivity index (χ4n) is 3.18. The number of benzene rings is 2. The Kier molecular flexibility index (Phi) is 3.83. The van der Waals surface area contributed by atoms with Crippen LogP contribution in [0, 0.1) is 11.7 Å². The highest BCUT2D eigenvalue weighted by atomic mass is 19.1. The SMILES string of the molecule is CC1CN(Cc2ccc(F)cc2)CC1c1ccccc1. The highest BCUT2D eigenvalue weighted by Gasteiger charge is 2.30. The van der Waals surface area contributed by atoms with Crippen LogP contribution >= 0.6 is 0 Å². The van der Waals surface area contributed by atoms with E-state index in [-0.39, 0.29) is 5.82 Å². The van der Waals surface area contributed by atoms with Gasteiger partial charge in [-0.2, -0.15) is 0 Å². The van der Waals surface area contributed by atoms with Crippen LogP contribution in [0.3, 0.4) is 0 Å². The number of rotatable bonds is 3. The molecule has 3 rings (SSSR count). The fraction of sp³-hybridized carbons (Fsp3) is 0.333. The third-order valence-electron chi connectivity index (χ3n) is 4.24. The summed E-state index contributed by atoms with van der Waals surface area (Å²) in [6.45, 7) is 5.43. The average Bonchev–Trinajstić information content (AvgIpc) is 2.83. The summed E-state index contributed by atoms with van der Waals surface area (Å²) in [4.78, 5) is 2.47. The molecule has 1 nitrogen and oxygen atoms in total. The Hall–Kier alpha value is -1.67. The van der Waals surface area contributed by atoms with E-state index in [0.717, 1.165) is 19.6 Å². The number of hydrogen-bond acceptors (Lipinski definition) is 1. The molecule has 1 aliphatic heterocycles. The maximum absolute atomic E-state index is 12.9. The van der Waals surface area contributed by atoms with Crippen molar-refractivity contribution in [2.24, 2.45) is 5.92 Å². The summed E-state index contributed by atoms with van der Waals surface area (Å²) in [5.41, 5.74) is 2.62. The largest absolute Gasteiger partial charge is 0.298 e. The zero-order valence-electron chi connectivity index (χ0n) is 11.8. The van der Waals surface area contributed by atoms with Crippen molar-refractivity contribution >= 4 is 0 Å². The molecule has 0 radical (unpaired) electrons. The average molecular weight is 269 g/mol. The summed E-state index contributed by atoms with van der Waals surface area (Å²) < 4.78 is 12.9. The normalized spacial score (nSPS) is 23.1. The first-order valence-electron chi connectivity index (χ1n) is 7.24. The number of likely N-dealkylation sites (tertiary alicyclic amines) is 1. The molecule has 0 aliphatic carbocycles.